The van der Waals surface area contributed by atoms with Crippen molar-refractivity contribution in [2.75, 3.05) is 7.11 Å². The van der Waals surface area contributed by atoms with E-state index in [-0.39, 0.29) is 6.29 Å². The maximum atomic E-state index is 11.6. The first-order valence-electron chi connectivity index (χ1n) is 7.92. The van der Waals surface area contributed by atoms with E-state index < -0.39 is 5.91 Å². The number of nitrogens with zero attached hydrogens (tertiary/aromatic N) is 1. The smallest absolute Gasteiger partial charge is 0.274 e. The van der Waals surface area contributed by atoms with E-state index in [1.54, 1.807) is 24.7 Å². The van der Waals surface area contributed by atoms with Gasteiger partial charge in [-0.2, -0.15) is 0 Å². The number of fused-ring (bicyclic) bond motifs is 1. The Morgan fingerprint density at radius 3 is 2.64 bits per heavy atom. The molecule has 1 atom stereocenters. The molecule has 0 radical (unpaired) electrons. The molecule has 0 saturated heterocycles. The molecule has 3 rings (SSSR count). The van der Waals surface area contributed by atoms with E-state index in [1.807, 2.05) is 49.5 Å². The Bertz CT molecular complexity index is 871. The first-order chi connectivity index (χ1) is 12.1. The van der Waals surface area contributed by atoms with Gasteiger partial charge < -0.3 is 14.0 Å². The van der Waals surface area contributed by atoms with Crippen LogP contribution in [0.2, 0.25) is 0 Å². The lowest BCUT2D eigenvalue weighted by molar-refractivity contribution is -0.0382. The second kappa shape index (κ2) is 7.38. The Labute approximate surface area is 145 Å². The fraction of sp³-hybridized carbons (Fsp3) is 0.211. The van der Waals surface area contributed by atoms with Crippen molar-refractivity contribution in [2.24, 2.45) is 0 Å². The number of hydrogen-bond donors (Lipinski definition) is 2. The number of carbonyl (C=O) groups is 1. The average molecular weight is 340 g/mol. The van der Waals surface area contributed by atoms with Gasteiger partial charge in [-0.1, -0.05) is 18.2 Å². The standard InChI is InChI=1S/C19H20N2O4/c1-13(24-2)25-17-7-3-14(4-8-17)12-21-10-9-15-5-6-16(11-18(15)21)19(22)20-23/h3-11,13,23H,12H2,1-2H3,(H,20,22). The van der Waals surface area contributed by atoms with Crippen LogP contribution in [0.25, 0.3) is 10.9 Å². The summed E-state index contributed by atoms with van der Waals surface area (Å²) in [7, 11) is 1.60. The van der Waals surface area contributed by atoms with Crippen molar-refractivity contribution in [2.45, 2.75) is 19.8 Å². The molecule has 25 heavy (non-hydrogen) atoms. The minimum atomic E-state index is -0.525. The maximum absolute atomic E-state index is 11.6. The minimum Gasteiger partial charge on any atom is -0.465 e. The van der Waals surface area contributed by atoms with Crippen LogP contribution in [0.3, 0.4) is 0 Å². The molecule has 0 aliphatic heterocycles. The van der Waals surface area contributed by atoms with Crippen molar-refractivity contribution in [3.8, 4) is 5.75 Å². The number of hydroxylamine groups is 1. The van der Waals surface area contributed by atoms with Crippen LogP contribution >= 0.6 is 0 Å². The summed E-state index contributed by atoms with van der Waals surface area (Å²) in [5.41, 5.74) is 4.10. The van der Waals surface area contributed by atoms with Crippen LogP contribution in [-0.2, 0) is 11.3 Å². The fourth-order valence-corrected chi connectivity index (χ4v) is 2.64. The predicted molar refractivity (Wildman–Crippen MR) is 93.8 cm³/mol. The average Bonchev–Trinajstić information content (AvgIpc) is 3.04. The molecule has 3 aromatic rings. The van der Waals surface area contributed by atoms with Gasteiger partial charge >= 0.3 is 0 Å². The highest BCUT2D eigenvalue weighted by molar-refractivity contribution is 5.97. The lowest BCUT2D eigenvalue weighted by Crippen LogP contribution is -2.18. The van der Waals surface area contributed by atoms with Gasteiger partial charge in [-0.05, 0) is 48.2 Å². The number of aromatic nitrogens is 1. The molecule has 1 amide bonds. The van der Waals surface area contributed by atoms with E-state index in [4.69, 9.17) is 14.7 Å². The molecule has 0 bridgehead atoms. The molecule has 0 aliphatic carbocycles. The first kappa shape index (κ1) is 17.0. The molecule has 1 heterocycles. The summed E-state index contributed by atoms with van der Waals surface area (Å²) in [6.45, 7) is 2.49. The molecule has 0 spiro atoms. The Kier molecular flexibility index (Phi) is 5.02. The van der Waals surface area contributed by atoms with Crippen LogP contribution in [0, 0.1) is 0 Å². The third kappa shape index (κ3) is 3.81. The largest absolute Gasteiger partial charge is 0.465 e. The number of methoxy groups -OCH3 is 1. The van der Waals surface area contributed by atoms with E-state index in [9.17, 15) is 4.79 Å². The van der Waals surface area contributed by atoms with E-state index >= 15 is 0 Å². The van der Waals surface area contributed by atoms with Crippen LogP contribution in [0.1, 0.15) is 22.8 Å². The number of benzene rings is 2. The predicted octanol–water partition coefficient (Wildman–Crippen LogP) is 3.18. The summed E-state index contributed by atoms with van der Waals surface area (Å²) in [4.78, 5) is 11.6. The summed E-state index contributed by atoms with van der Waals surface area (Å²) in [6.07, 6.45) is 1.68. The highest BCUT2D eigenvalue weighted by Gasteiger charge is 2.08. The van der Waals surface area contributed by atoms with Crippen molar-refractivity contribution < 1.29 is 19.5 Å². The molecular weight excluding hydrogens is 320 g/mol. The molecule has 2 aromatic carbocycles. The number of nitrogens with one attached hydrogen (secondary N) is 1. The molecule has 6 nitrogen and oxygen atoms in total. The zero-order valence-electron chi connectivity index (χ0n) is 14.1. The van der Waals surface area contributed by atoms with Crippen molar-refractivity contribution in [3.63, 3.8) is 0 Å². The number of amides is 1. The SMILES string of the molecule is COC(C)Oc1ccc(Cn2ccc3ccc(C(=O)NO)cc32)cc1. The van der Waals surface area contributed by atoms with Gasteiger partial charge in [0.05, 0.1) is 0 Å². The first-order valence-corrected chi connectivity index (χ1v) is 7.92. The summed E-state index contributed by atoms with van der Waals surface area (Å²) >= 11 is 0. The molecule has 0 aliphatic rings. The molecule has 1 unspecified atom stereocenters. The van der Waals surface area contributed by atoms with Crippen molar-refractivity contribution in [1.29, 1.82) is 0 Å². The van der Waals surface area contributed by atoms with Crippen LogP contribution in [-0.4, -0.2) is 29.1 Å². The van der Waals surface area contributed by atoms with E-state index in [2.05, 4.69) is 4.57 Å². The van der Waals surface area contributed by atoms with Crippen LogP contribution in [0.15, 0.2) is 54.7 Å². The summed E-state index contributed by atoms with van der Waals surface area (Å²) in [5.74, 6) is 0.223. The summed E-state index contributed by atoms with van der Waals surface area (Å²) in [5, 5.41) is 9.83. The lowest BCUT2D eigenvalue weighted by atomic mass is 10.1. The molecule has 6 heteroatoms. The number of hydrogen-bond acceptors (Lipinski definition) is 4. The van der Waals surface area contributed by atoms with Gasteiger partial charge in [0.15, 0.2) is 6.29 Å². The normalized spacial score (nSPS) is 12.1. The quantitative estimate of drug-likeness (QED) is 0.411. The van der Waals surface area contributed by atoms with Gasteiger partial charge in [0, 0.05) is 30.9 Å². The number of ether oxygens (including phenoxy) is 2. The minimum absolute atomic E-state index is 0.296. The van der Waals surface area contributed by atoms with E-state index in [1.165, 1.54) is 0 Å². The van der Waals surface area contributed by atoms with Gasteiger partial charge in [-0.25, -0.2) is 5.48 Å². The Balaban J connectivity index is 1.81. The highest BCUT2D eigenvalue weighted by atomic mass is 16.7. The second-order valence-corrected chi connectivity index (χ2v) is 5.72. The lowest BCUT2D eigenvalue weighted by Gasteiger charge is -2.13. The van der Waals surface area contributed by atoms with Crippen LogP contribution < -0.4 is 10.2 Å². The zero-order valence-corrected chi connectivity index (χ0v) is 14.1. The molecule has 130 valence electrons. The maximum Gasteiger partial charge on any atom is 0.274 e. The summed E-state index contributed by atoms with van der Waals surface area (Å²) in [6, 6.07) is 15.1. The molecule has 2 N–H and O–H groups in total. The third-order valence-electron chi connectivity index (χ3n) is 4.05. The Morgan fingerprint density at radius 1 is 1.20 bits per heavy atom. The van der Waals surface area contributed by atoms with E-state index in [0.29, 0.717) is 12.1 Å². The van der Waals surface area contributed by atoms with Gasteiger partial charge in [-0.15, -0.1) is 0 Å². The fourth-order valence-electron chi connectivity index (χ4n) is 2.64. The summed E-state index contributed by atoms with van der Waals surface area (Å²) < 4.78 is 12.7. The van der Waals surface area contributed by atoms with Gasteiger partial charge in [0.25, 0.3) is 5.91 Å². The van der Waals surface area contributed by atoms with Crippen LogP contribution in [0.5, 0.6) is 5.75 Å². The van der Waals surface area contributed by atoms with Crippen molar-refractivity contribution in [3.05, 3.63) is 65.9 Å². The Hall–Kier alpha value is -2.83. The topological polar surface area (TPSA) is 72.7 Å². The van der Waals surface area contributed by atoms with Gasteiger partial charge in [0.1, 0.15) is 5.75 Å². The Morgan fingerprint density at radius 2 is 1.96 bits per heavy atom. The number of rotatable bonds is 6. The molecule has 0 saturated carbocycles. The molecule has 0 fully saturated rings. The van der Waals surface area contributed by atoms with Gasteiger partial charge in [0.2, 0.25) is 0 Å². The highest BCUT2D eigenvalue weighted by Crippen LogP contribution is 2.20. The van der Waals surface area contributed by atoms with Crippen molar-refractivity contribution in [1.82, 2.24) is 10.0 Å². The number of carbonyl (C=O) groups excluding carboxylic acids is 1. The van der Waals surface area contributed by atoms with E-state index in [0.717, 1.165) is 22.2 Å². The van der Waals surface area contributed by atoms with Gasteiger partial charge in [-0.3, -0.25) is 10.0 Å². The monoisotopic (exact) mass is 340 g/mol. The molecule has 1 aromatic heterocycles. The van der Waals surface area contributed by atoms with Crippen molar-refractivity contribution >= 4 is 16.8 Å². The third-order valence-corrected chi connectivity index (χ3v) is 4.05. The second-order valence-electron chi connectivity index (χ2n) is 5.72. The van der Waals surface area contributed by atoms with Crippen LogP contribution in [0.4, 0.5) is 0 Å². The molecular formula is C19H20N2O4. The zero-order chi connectivity index (χ0) is 17.8.